The first-order valence-corrected chi connectivity index (χ1v) is 6.82. The summed E-state index contributed by atoms with van der Waals surface area (Å²) in [5.74, 6) is 0. The number of fused-ring (bicyclic) bond motifs is 1. The molecule has 1 aliphatic heterocycles. The van der Waals surface area contributed by atoms with Crippen LogP contribution in [0, 0.1) is 0 Å². The van der Waals surface area contributed by atoms with Crippen molar-refractivity contribution in [1.29, 1.82) is 0 Å². The van der Waals surface area contributed by atoms with Crippen molar-refractivity contribution < 1.29 is 0 Å². The maximum atomic E-state index is 11.8. The Morgan fingerprint density at radius 3 is 2.74 bits per heavy atom. The molecule has 1 aromatic carbocycles. The highest BCUT2D eigenvalue weighted by atomic mass is 16.1. The standard InChI is InChI=1S/C16H18N2O/c1-2-18-9-7-12(8-10-18)15-11-17-16(19)14-6-4-3-5-13(14)15/h3-7,11H,2,8-10H2,1H3,(H,17,19). The summed E-state index contributed by atoms with van der Waals surface area (Å²) in [6.07, 6.45) is 5.19. The van der Waals surface area contributed by atoms with Crippen molar-refractivity contribution in [1.82, 2.24) is 9.88 Å². The van der Waals surface area contributed by atoms with E-state index in [1.54, 1.807) is 0 Å². The number of aromatic nitrogens is 1. The summed E-state index contributed by atoms with van der Waals surface area (Å²) in [4.78, 5) is 17.1. The predicted molar refractivity (Wildman–Crippen MR) is 79.3 cm³/mol. The second-order valence-electron chi connectivity index (χ2n) is 4.95. The normalized spacial score (nSPS) is 16.6. The fourth-order valence-electron chi connectivity index (χ4n) is 2.72. The Morgan fingerprint density at radius 2 is 2.05 bits per heavy atom. The summed E-state index contributed by atoms with van der Waals surface area (Å²) in [7, 11) is 0. The van der Waals surface area contributed by atoms with Gasteiger partial charge in [-0.1, -0.05) is 31.2 Å². The molecule has 0 saturated carbocycles. The van der Waals surface area contributed by atoms with E-state index in [9.17, 15) is 4.79 Å². The van der Waals surface area contributed by atoms with Crippen LogP contribution in [0.4, 0.5) is 0 Å². The van der Waals surface area contributed by atoms with E-state index in [2.05, 4.69) is 22.9 Å². The maximum absolute atomic E-state index is 11.8. The fraction of sp³-hybridized carbons (Fsp3) is 0.312. The van der Waals surface area contributed by atoms with Gasteiger partial charge in [-0.05, 0) is 30.0 Å². The van der Waals surface area contributed by atoms with Gasteiger partial charge in [-0.15, -0.1) is 0 Å². The topological polar surface area (TPSA) is 36.1 Å². The molecule has 0 radical (unpaired) electrons. The molecule has 19 heavy (non-hydrogen) atoms. The van der Waals surface area contributed by atoms with E-state index in [0.717, 1.165) is 36.8 Å². The Morgan fingerprint density at radius 1 is 1.26 bits per heavy atom. The second-order valence-corrected chi connectivity index (χ2v) is 4.95. The highest BCUT2D eigenvalue weighted by Crippen LogP contribution is 2.26. The Bertz CT molecular complexity index is 684. The summed E-state index contributed by atoms with van der Waals surface area (Å²) < 4.78 is 0. The van der Waals surface area contributed by atoms with Gasteiger partial charge in [0.2, 0.25) is 0 Å². The number of H-pyrrole nitrogens is 1. The Hall–Kier alpha value is -1.87. The molecule has 0 unspecified atom stereocenters. The van der Waals surface area contributed by atoms with Crippen molar-refractivity contribution in [3.8, 4) is 0 Å². The number of nitrogens with zero attached hydrogens (tertiary/aromatic N) is 1. The fourth-order valence-corrected chi connectivity index (χ4v) is 2.72. The molecule has 1 aliphatic rings. The minimum atomic E-state index is -0.00839. The number of hydrogen-bond acceptors (Lipinski definition) is 2. The Labute approximate surface area is 112 Å². The van der Waals surface area contributed by atoms with Crippen molar-refractivity contribution >= 4 is 16.3 Å². The first kappa shape index (κ1) is 12.2. The monoisotopic (exact) mass is 254 g/mol. The highest BCUT2D eigenvalue weighted by Gasteiger charge is 2.14. The lowest BCUT2D eigenvalue weighted by molar-refractivity contribution is 0.319. The van der Waals surface area contributed by atoms with Crippen LogP contribution < -0.4 is 5.56 Å². The third kappa shape index (κ3) is 2.22. The summed E-state index contributed by atoms with van der Waals surface area (Å²) in [5, 5.41) is 1.83. The lowest BCUT2D eigenvalue weighted by Crippen LogP contribution is -2.28. The third-order valence-corrected chi connectivity index (χ3v) is 3.90. The molecular formula is C16H18N2O. The summed E-state index contributed by atoms with van der Waals surface area (Å²) >= 11 is 0. The molecule has 2 heterocycles. The molecular weight excluding hydrogens is 236 g/mol. The number of rotatable bonds is 2. The van der Waals surface area contributed by atoms with Crippen molar-refractivity contribution in [2.24, 2.45) is 0 Å². The van der Waals surface area contributed by atoms with E-state index in [-0.39, 0.29) is 5.56 Å². The van der Waals surface area contributed by atoms with Crippen molar-refractivity contribution in [3.63, 3.8) is 0 Å². The quantitative estimate of drug-likeness (QED) is 0.894. The molecule has 1 aromatic heterocycles. The van der Waals surface area contributed by atoms with E-state index in [1.807, 2.05) is 30.5 Å². The summed E-state index contributed by atoms with van der Waals surface area (Å²) in [6, 6.07) is 7.83. The van der Waals surface area contributed by atoms with E-state index in [0.29, 0.717) is 0 Å². The van der Waals surface area contributed by atoms with Crippen LogP contribution in [0.2, 0.25) is 0 Å². The van der Waals surface area contributed by atoms with Crippen molar-refractivity contribution in [3.05, 3.63) is 52.5 Å². The molecule has 0 bridgehead atoms. The number of pyridine rings is 1. The van der Waals surface area contributed by atoms with Gasteiger partial charge in [-0.2, -0.15) is 0 Å². The van der Waals surface area contributed by atoms with Crippen molar-refractivity contribution in [2.75, 3.05) is 19.6 Å². The van der Waals surface area contributed by atoms with Crippen LogP contribution in [0.3, 0.4) is 0 Å². The number of benzene rings is 1. The SMILES string of the molecule is CCN1CC=C(c2c[nH]c(=O)c3ccccc23)CC1. The van der Waals surface area contributed by atoms with Gasteiger partial charge < -0.3 is 4.98 Å². The van der Waals surface area contributed by atoms with E-state index >= 15 is 0 Å². The number of nitrogens with one attached hydrogen (secondary N) is 1. The van der Waals surface area contributed by atoms with Gasteiger partial charge >= 0.3 is 0 Å². The van der Waals surface area contributed by atoms with Crippen LogP contribution in [0.5, 0.6) is 0 Å². The van der Waals surface area contributed by atoms with Gasteiger partial charge in [0.05, 0.1) is 0 Å². The maximum Gasteiger partial charge on any atom is 0.255 e. The average molecular weight is 254 g/mol. The third-order valence-electron chi connectivity index (χ3n) is 3.90. The minimum Gasteiger partial charge on any atom is -0.328 e. The van der Waals surface area contributed by atoms with Gasteiger partial charge in [0.25, 0.3) is 5.56 Å². The zero-order valence-corrected chi connectivity index (χ0v) is 11.1. The van der Waals surface area contributed by atoms with E-state index < -0.39 is 0 Å². The number of hydrogen-bond donors (Lipinski definition) is 1. The first-order chi connectivity index (χ1) is 9.29. The summed E-state index contributed by atoms with van der Waals surface area (Å²) in [6.45, 7) is 5.37. The van der Waals surface area contributed by atoms with Crippen LogP contribution in [-0.2, 0) is 0 Å². The Kier molecular flexibility index (Phi) is 3.22. The zero-order chi connectivity index (χ0) is 13.2. The van der Waals surface area contributed by atoms with Gasteiger partial charge in [-0.25, -0.2) is 0 Å². The van der Waals surface area contributed by atoms with Crippen LogP contribution >= 0.6 is 0 Å². The van der Waals surface area contributed by atoms with Gasteiger partial charge in [0.1, 0.15) is 0 Å². The number of likely N-dealkylation sites (N-methyl/N-ethyl adjacent to an activating group) is 1. The first-order valence-electron chi connectivity index (χ1n) is 6.82. The molecule has 2 aromatic rings. The van der Waals surface area contributed by atoms with Crippen LogP contribution in [0.15, 0.2) is 41.3 Å². The second kappa shape index (κ2) is 5.02. The van der Waals surface area contributed by atoms with Crippen LogP contribution in [-0.4, -0.2) is 29.5 Å². The summed E-state index contributed by atoms with van der Waals surface area (Å²) in [5.41, 5.74) is 2.51. The van der Waals surface area contributed by atoms with Gasteiger partial charge in [-0.3, -0.25) is 9.69 Å². The smallest absolute Gasteiger partial charge is 0.255 e. The number of aromatic amines is 1. The van der Waals surface area contributed by atoms with Crippen molar-refractivity contribution in [2.45, 2.75) is 13.3 Å². The van der Waals surface area contributed by atoms with Crippen LogP contribution in [0.25, 0.3) is 16.3 Å². The molecule has 0 aliphatic carbocycles. The average Bonchev–Trinajstić information content (AvgIpc) is 2.48. The van der Waals surface area contributed by atoms with Gasteiger partial charge in [0, 0.05) is 30.2 Å². The zero-order valence-electron chi connectivity index (χ0n) is 11.1. The molecule has 0 saturated heterocycles. The lowest BCUT2D eigenvalue weighted by Gasteiger charge is -2.25. The molecule has 3 heteroatoms. The molecule has 98 valence electrons. The predicted octanol–water partition coefficient (Wildman–Crippen LogP) is 2.64. The highest BCUT2D eigenvalue weighted by molar-refractivity contribution is 5.93. The molecule has 0 atom stereocenters. The lowest BCUT2D eigenvalue weighted by atomic mass is 9.96. The van der Waals surface area contributed by atoms with Gasteiger partial charge in [0.15, 0.2) is 0 Å². The molecule has 0 fully saturated rings. The van der Waals surface area contributed by atoms with E-state index in [1.165, 1.54) is 11.1 Å². The minimum absolute atomic E-state index is 0.00839. The molecule has 3 rings (SSSR count). The molecule has 0 spiro atoms. The molecule has 0 amide bonds. The largest absolute Gasteiger partial charge is 0.328 e. The van der Waals surface area contributed by atoms with Crippen LogP contribution in [0.1, 0.15) is 18.9 Å². The molecule has 1 N–H and O–H groups in total. The molecule has 3 nitrogen and oxygen atoms in total. The Balaban J connectivity index is 2.09. The van der Waals surface area contributed by atoms with E-state index in [4.69, 9.17) is 0 Å².